The zero-order chi connectivity index (χ0) is 9.97. The SMILES string of the molecule is COC1CC(NCCC(N)C2CC2)C1. The Morgan fingerprint density at radius 3 is 2.71 bits per heavy atom. The maximum absolute atomic E-state index is 6.01. The first-order valence-corrected chi connectivity index (χ1v) is 5.81. The highest BCUT2D eigenvalue weighted by atomic mass is 16.5. The summed E-state index contributed by atoms with van der Waals surface area (Å²) in [6, 6.07) is 1.13. The monoisotopic (exact) mass is 198 g/mol. The van der Waals surface area contributed by atoms with Crippen LogP contribution in [0.4, 0.5) is 0 Å². The van der Waals surface area contributed by atoms with Gasteiger partial charge in [-0.25, -0.2) is 0 Å². The van der Waals surface area contributed by atoms with Crippen LogP contribution in [0.2, 0.25) is 0 Å². The lowest BCUT2D eigenvalue weighted by Gasteiger charge is -2.35. The van der Waals surface area contributed by atoms with Gasteiger partial charge in [-0.15, -0.1) is 0 Å². The highest BCUT2D eigenvalue weighted by Crippen LogP contribution is 2.32. The van der Waals surface area contributed by atoms with Crippen LogP contribution in [0.25, 0.3) is 0 Å². The maximum atomic E-state index is 6.01. The summed E-state index contributed by atoms with van der Waals surface area (Å²) < 4.78 is 5.23. The first kappa shape index (κ1) is 10.4. The Morgan fingerprint density at radius 1 is 1.43 bits per heavy atom. The third-order valence-corrected chi connectivity index (χ3v) is 3.57. The van der Waals surface area contributed by atoms with Crippen LogP contribution in [0.15, 0.2) is 0 Å². The predicted molar refractivity (Wildman–Crippen MR) is 57.1 cm³/mol. The molecule has 1 unspecified atom stereocenters. The Kier molecular flexibility index (Phi) is 3.42. The molecule has 2 fully saturated rings. The zero-order valence-electron chi connectivity index (χ0n) is 9.04. The highest BCUT2D eigenvalue weighted by Gasteiger charge is 2.30. The summed E-state index contributed by atoms with van der Waals surface area (Å²) in [5.74, 6) is 0.838. The van der Waals surface area contributed by atoms with Gasteiger partial charge in [-0.2, -0.15) is 0 Å². The third-order valence-electron chi connectivity index (χ3n) is 3.57. The van der Waals surface area contributed by atoms with Gasteiger partial charge < -0.3 is 15.8 Å². The van der Waals surface area contributed by atoms with Gasteiger partial charge in [-0.3, -0.25) is 0 Å². The quantitative estimate of drug-likeness (QED) is 0.666. The maximum Gasteiger partial charge on any atom is 0.0601 e. The molecule has 3 N–H and O–H groups in total. The second-order valence-corrected chi connectivity index (χ2v) is 4.77. The summed E-state index contributed by atoms with van der Waals surface area (Å²) in [5.41, 5.74) is 6.01. The molecule has 0 saturated heterocycles. The summed E-state index contributed by atoms with van der Waals surface area (Å²) >= 11 is 0. The van der Waals surface area contributed by atoms with E-state index in [-0.39, 0.29) is 0 Å². The molecular formula is C11H22N2O. The molecule has 0 aromatic carbocycles. The van der Waals surface area contributed by atoms with Gasteiger partial charge in [0.05, 0.1) is 6.10 Å². The van der Waals surface area contributed by atoms with Crippen molar-refractivity contribution in [3.63, 3.8) is 0 Å². The third kappa shape index (κ3) is 2.69. The summed E-state index contributed by atoms with van der Waals surface area (Å²) in [4.78, 5) is 0. The van der Waals surface area contributed by atoms with Gasteiger partial charge in [0.25, 0.3) is 0 Å². The number of hydrogen-bond acceptors (Lipinski definition) is 3. The van der Waals surface area contributed by atoms with Gasteiger partial charge in [0.15, 0.2) is 0 Å². The van der Waals surface area contributed by atoms with Gasteiger partial charge in [0, 0.05) is 19.2 Å². The molecule has 2 aliphatic rings. The van der Waals surface area contributed by atoms with Crippen LogP contribution in [0.3, 0.4) is 0 Å². The van der Waals surface area contributed by atoms with Crippen LogP contribution < -0.4 is 11.1 Å². The number of methoxy groups -OCH3 is 1. The van der Waals surface area contributed by atoms with Crippen molar-refractivity contribution in [3.8, 4) is 0 Å². The Balaban J connectivity index is 1.47. The molecule has 0 spiro atoms. The van der Waals surface area contributed by atoms with E-state index >= 15 is 0 Å². The van der Waals surface area contributed by atoms with Crippen LogP contribution in [0, 0.1) is 5.92 Å². The fraction of sp³-hybridized carbons (Fsp3) is 1.00. The summed E-state index contributed by atoms with van der Waals surface area (Å²) in [5, 5.41) is 3.54. The molecule has 2 saturated carbocycles. The Bertz CT molecular complexity index is 176. The second-order valence-electron chi connectivity index (χ2n) is 4.77. The fourth-order valence-electron chi connectivity index (χ4n) is 2.14. The second kappa shape index (κ2) is 4.60. The number of hydrogen-bond donors (Lipinski definition) is 2. The van der Waals surface area contributed by atoms with E-state index in [9.17, 15) is 0 Å². The molecule has 0 radical (unpaired) electrons. The Labute approximate surface area is 86.4 Å². The predicted octanol–water partition coefficient (Wildman–Crippen LogP) is 0.881. The molecule has 2 aliphatic carbocycles. The normalized spacial score (nSPS) is 33.9. The van der Waals surface area contributed by atoms with Crippen molar-refractivity contribution in [3.05, 3.63) is 0 Å². The standard InChI is InChI=1S/C11H22N2O/c1-14-10-6-9(7-10)13-5-4-11(12)8-2-3-8/h8-11,13H,2-7,12H2,1H3. The molecule has 0 amide bonds. The largest absolute Gasteiger partial charge is 0.381 e. The van der Waals surface area contributed by atoms with Crippen LogP contribution in [0.5, 0.6) is 0 Å². The molecule has 2 rings (SSSR count). The zero-order valence-corrected chi connectivity index (χ0v) is 9.04. The van der Waals surface area contributed by atoms with Crippen LogP contribution in [-0.4, -0.2) is 31.8 Å². The van der Waals surface area contributed by atoms with Crippen molar-refractivity contribution in [2.75, 3.05) is 13.7 Å². The lowest BCUT2D eigenvalue weighted by molar-refractivity contribution is 0.0174. The molecule has 0 aromatic rings. The Morgan fingerprint density at radius 2 is 2.14 bits per heavy atom. The van der Waals surface area contributed by atoms with Gasteiger partial charge in [0.1, 0.15) is 0 Å². The first-order chi connectivity index (χ1) is 6.79. The number of ether oxygens (including phenoxy) is 1. The fourth-order valence-corrected chi connectivity index (χ4v) is 2.14. The van der Waals surface area contributed by atoms with Crippen LogP contribution in [-0.2, 0) is 4.74 Å². The molecule has 0 aromatic heterocycles. The van der Waals surface area contributed by atoms with Crippen molar-refractivity contribution < 1.29 is 4.74 Å². The summed E-state index contributed by atoms with van der Waals surface area (Å²) in [6.45, 7) is 1.08. The molecule has 0 heterocycles. The van der Waals surface area contributed by atoms with Crippen molar-refractivity contribution in [1.82, 2.24) is 5.32 Å². The minimum absolute atomic E-state index is 0.445. The van der Waals surface area contributed by atoms with E-state index in [2.05, 4.69) is 5.32 Å². The molecule has 82 valence electrons. The van der Waals surface area contributed by atoms with Crippen molar-refractivity contribution in [1.29, 1.82) is 0 Å². The topological polar surface area (TPSA) is 47.3 Å². The minimum atomic E-state index is 0.445. The van der Waals surface area contributed by atoms with E-state index < -0.39 is 0 Å². The Hall–Kier alpha value is -0.120. The average molecular weight is 198 g/mol. The molecule has 0 aliphatic heterocycles. The average Bonchev–Trinajstić information content (AvgIpc) is 2.91. The van der Waals surface area contributed by atoms with E-state index in [0.717, 1.165) is 18.9 Å². The van der Waals surface area contributed by atoms with Crippen molar-refractivity contribution >= 4 is 0 Å². The lowest BCUT2D eigenvalue weighted by Crippen LogP contribution is -2.46. The van der Waals surface area contributed by atoms with Crippen molar-refractivity contribution in [2.24, 2.45) is 11.7 Å². The van der Waals surface area contributed by atoms with Gasteiger partial charge in [0.2, 0.25) is 0 Å². The van der Waals surface area contributed by atoms with Crippen LogP contribution in [0.1, 0.15) is 32.1 Å². The molecule has 1 atom stereocenters. The van der Waals surface area contributed by atoms with E-state index in [1.54, 1.807) is 7.11 Å². The molecule has 3 heteroatoms. The molecule has 3 nitrogen and oxygen atoms in total. The summed E-state index contributed by atoms with van der Waals surface area (Å²) in [6.07, 6.45) is 6.71. The highest BCUT2D eigenvalue weighted by molar-refractivity contribution is 4.88. The van der Waals surface area contributed by atoms with Crippen molar-refractivity contribution in [2.45, 2.75) is 50.3 Å². The van der Waals surface area contributed by atoms with E-state index in [4.69, 9.17) is 10.5 Å². The molecule has 14 heavy (non-hydrogen) atoms. The van der Waals surface area contributed by atoms with Gasteiger partial charge in [-0.1, -0.05) is 0 Å². The smallest absolute Gasteiger partial charge is 0.0601 e. The minimum Gasteiger partial charge on any atom is -0.381 e. The number of nitrogens with two attached hydrogens (primary N) is 1. The molecular weight excluding hydrogens is 176 g/mol. The van der Waals surface area contributed by atoms with Gasteiger partial charge in [-0.05, 0) is 44.6 Å². The summed E-state index contributed by atoms with van der Waals surface area (Å²) in [7, 11) is 1.80. The van der Waals surface area contributed by atoms with Gasteiger partial charge >= 0.3 is 0 Å². The van der Waals surface area contributed by atoms with E-state index in [0.29, 0.717) is 18.2 Å². The number of nitrogens with one attached hydrogen (secondary N) is 1. The molecule has 0 bridgehead atoms. The van der Waals surface area contributed by atoms with E-state index in [1.807, 2.05) is 0 Å². The van der Waals surface area contributed by atoms with E-state index in [1.165, 1.54) is 25.7 Å². The van der Waals surface area contributed by atoms with Crippen LogP contribution >= 0.6 is 0 Å². The lowest BCUT2D eigenvalue weighted by atomic mass is 9.89. The first-order valence-electron chi connectivity index (χ1n) is 5.81. The number of rotatable bonds is 6.